The van der Waals surface area contributed by atoms with Crippen molar-refractivity contribution in [2.24, 2.45) is 5.92 Å². The monoisotopic (exact) mass is 367 g/mol. The van der Waals surface area contributed by atoms with Crippen LogP contribution in [0.3, 0.4) is 0 Å². The molecule has 1 amide bonds. The molecule has 0 aromatic heterocycles. The fraction of sp³-hybridized carbons (Fsp3) is 0.533. The maximum Gasteiger partial charge on any atom is 0.244 e. The SMILES string of the molecule is O=C1N(Cc2ccccc2)C[C@@H](CCl)[C@@]1(Cl)CC(Cl)CCl. The summed E-state index contributed by atoms with van der Waals surface area (Å²) in [5.41, 5.74) is 1.07. The van der Waals surface area contributed by atoms with Crippen LogP contribution >= 0.6 is 46.4 Å². The van der Waals surface area contributed by atoms with Gasteiger partial charge in [-0.15, -0.1) is 46.4 Å². The zero-order chi connectivity index (χ0) is 15.5. The second-order valence-electron chi connectivity index (χ2n) is 5.34. The molecule has 2 nitrogen and oxygen atoms in total. The van der Waals surface area contributed by atoms with Crippen molar-refractivity contribution in [3.63, 3.8) is 0 Å². The number of rotatable bonds is 6. The molecule has 0 saturated carbocycles. The molecule has 1 heterocycles. The van der Waals surface area contributed by atoms with Crippen molar-refractivity contribution in [3.05, 3.63) is 35.9 Å². The first-order valence-electron chi connectivity index (χ1n) is 6.79. The predicted octanol–water partition coefficient (Wildman–Crippen LogP) is 4.10. The maximum absolute atomic E-state index is 12.7. The van der Waals surface area contributed by atoms with Crippen LogP contribution in [0.25, 0.3) is 0 Å². The van der Waals surface area contributed by atoms with Crippen molar-refractivity contribution in [3.8, 4) is 0 Å². The lowest BCUT2D eigenvalue weighted by Crippen LogP contribution is -2.41. The summed E-state index contributed by atoms with van der Waals surface area (Å²) in [7, 11) is 0. The van der Waals surface area contributed by atoms with E-state index >= 15 is 0 Å². The third-order valence-electron chi connectivity index (χ3n) is 3.82. The van der Waals surface area contributed by atoms with Crippen LogP contribution in [0.1, 0.15) is 12.0 Å². The van der Waals surface area contributed by atoms with Crippen LogP contribution in [0, 0.1) is 5.92 Å². The Morgan fingerprint density at radius 1 is 1.29 bits per heavy atom. The molecule has 1 unspecified atom stereocenters. The highest BCUT2D eigenvalue weighted by molar-refractivity contribution is 6.37. The molecule has 1 aromatic rings. The van der Waals surface area contributed by atoms with Gasteiger partial charge in [0.15, 0.2) is 0 Å². The first kappa shape index (κ1) is 17.2. The Kier molecular flexibility index (Phi) is 6.07. The Balaban J connectivity index is 2.15. The molecule has 0 aliphatic carbocycles. The summed E-state index contributed by atoms with van der Waals surface area (Å²) in [5.74, 6) is 0.361. The third kappa shape index (κ3) is 3.79. The fourth-order valence-corrected chi connectivity index (χ4v) is 4.00. The van der Waals surface area contributed by atoms with E-state index in [1.807, 2.05) is 30.3 Å². The highest BCUT2D eigenvalue weighted by atomic mass is 35.5. The Morgan fingerprint density at radius 2 is 1.95 bits per heavy atom. The molecule has 0 bridgehead atoms. The van der Waals surface area contributed by atoms with Crippen LogP contribution in [0.15, 0.2) is 30.3 Å². The van der Waals surface area contributed by atoms with Gasteiger partial charge in [-0.3, -0.25) is 4.79 Å². The number of likely N-dealkylation sites (tertiary alicyclic amines) is 1. The van der Waals surface area contributed by atoms with Gasteiger partial charge in [0.25, 0.3) is 0 Å². The van der Waals surface area contributed by atoms with E-state index in [-0.39, 0.29) is 23.1 Å². The molecule has 1 aliphatic rings. The number of carbonyl (C=O) groups excluding carboxylic acids is 1. The van der Waals surface area contributed by atoms with Gasteiger partial charge in [-0.2, -0.15) is 0 Å². The van der Waals surface area contributed by atoms with E-state index in [0.717, 1.165) is 5.56 Å². The van der Waals surface area contributed by atoms with Crippen LogP contribution < -0.4 is 0 Å². The van der Waals surface area contributed by atoms with Crippen molar-refractivity contribution < 1.29 is 4.79 Å². The standard InChI is InChI=1S/C15H17Cl4NO/c16-7-12-10-20(9-11-4-2-1-3-5-11)14(21)15(12,19)6-13(18)8-17/h1-5,12-13H,6-10H2/t12-,13?,15+/m1/s1. The van der Waals surface area contributed by atoms with E-state index in [2.05, 4.69) is 0 Å². The predicted molar refractivity (Wildman–Crippen MR) is 89.6 cm³/mol. The lowest BCUT2D eigenvalue weighted by atomic mass is 9.91. The molecule has 0 radical (unpaired) electrons. The second-order valence-corrected chi connectivity index (χ2v) is 7.25. The number of alkyl halides is 4. The Morgan fingerprint density at radius 3 is 2.52 bits per heavy atom. The molecule has 1 fully saturated rings. The number of nitrogens with zero attached hydrogens (tertiary/aromatic N) is 1. The summed E-state index contributed by atoms with van der Waals surface area (Å²) in [6.45, 7) is 1.09. The maximum atomic E-state index is 12.7. The molecule has 3 atom stereocenters. The molecule has 2 rings (SSSR count). The second kappa shape index (κ2) is 7.41. The van der Waals surface area contributed by atoms with Gasteiger partial charge >= 0.3 is 0 Å². The number of halogens is 4. The van der Waals surface area contributed by atoms with Crippen molar-refractivity contribution in [1.82, 2.24) is 4.90 Å². The summed E-state index contributed by atoms with van der Waals surface area (Å²) in [6.07, 6.45) is 0.334. The molecule has 1 saturated heterocycles. The Bertz CT molecular complexity index is 484. The van der Waals surface area contributed by atoms with Crippen molar-refractivity contribution in [2.75, 3.05) is 18.3 Å². The molecule has 0 N–H and O–H groups in total. The van der Waals surface area contributed by atoms with Gasteiger partial charge < -0.3 is 4.90 Å². The van der Waals surface area contributed by atoms with E-state index in [0.29, 0.717) is 25.4 Å². The lowest BCUT2D eigenvalue weighted by molar-refractivity contribution is -0.130. The van der Waals surface area contributed by atoms with Gasteiger partial charge in [0.1, 0.15) is 4.87 Å². The van der Waals surface area contributed by atoms with Crippen molar-refractivity contribution in [1.29, 1.82) is 0 Å². The number of hydrogen-bond donors (Lipinski definition) is 0. The minimum atomic E-state index is -1.04. The van der Waals surface area contributed by atoms with E-state index in [1.165, 1.54) is 0 Å². The average Bonchev–Trinajstić information content (AvgIpc) is 2.72. The summed E-state index contributed by atoms with van der Waals surface area (Å²) in [4.78, 5) is 13.4. The fourth-order valence-electron chi connectivity index (χ4n) is 2.67. The van der Waals surface area contributed by atoms with Gasteiger partial charge in [-0.05, 0) is 12.0 Å². The summed E-state index contributed by atoms with van der Waals surface area (Å²) >= 11 is 24.5. The number of benzene rings is 1. The van der Waals surface area contributed by atoms with Crippen LogP contribution in [0.5, 0.6) is 0 Å². The summed E-state index contributed by atoms with van der Waals surface area (Å²) < 4.78 is 0. The quantitative estimate of drug-likeness (QED) is 0.692. The number of hydrogen-bond acceptors (Lipinski definition) is 1. The average molecular weight is 369 g/mol. The number of amides is 1. The van der Waals surface area contributed by atoms with Crippen LogP contribution in [0.4, 0.5) is 0 Å². The summed E-state index contributed by atoms with van der Waals surface area (Å²) in [5, 5.41) is -0.337. The third-order valence-corrected chi connectivity index (χ3v) is 5.66. The van der Waals surface area contributed by atoms with Crippen molar-refractivity contribution >= 4 is 52.3 Å². The van der Waals surface area contributed by atoms with E-state index in [4.69, 9.17) is 46.4 Å². The van der Waals surface area contributed by atoms with Gasteiger partial charge in [0.05, 0.1) is 0 Å². The Hall–Kier alpha value is -0.150. The Labute approximate surface area is 145 Å². The zero-order valence-corrected chi connectivity index (χ0v) is 14.5. The molecule has 21 heavy (non-hydrogen) atoms. The molecule has 6 heteroatoms. The smallest absolute Gasteiger partial charge is 0.244 e. The minimum Gasteiger partial charge on any atom is -0.336 e. The highest BCUT2D eigenvalue weighted by Crippen LogP contribution is 2.41. The van der Waals surface area contributed by atoms with Crippen LogP contribution in [0.2, 0.25) is 0 Å². The molecular weight excluding hydrogens is 352 g/mol. The van der Waals surface area contributed by atoms with E-state index < -0.39 is 4.87 Å². The first-order chi connectivity index (χ1) is 10.0. The van der Waals surface area contributed by atoms with Gasteiger partial charge in [-0.1, -0.05) is 30.3 Å². The van der Waals surface area contributed by atoms with E-state index in [9.17, 15) is 4.79 Å². The lowest BCUT2D eigenvalue weighted by Gasteiger charge is -2.26. The normalized spacial score (nSPS) is 27.1. The highest BCUT2D eigenvalue weighted by Gasteiger charge is 2.52. The van der Waals surface area contributed by atoms with Gasteiger partial charge in [0.2, 0.25) is 5.91 Å². The summed E-state index contributed by atoms with van der Waals surface area (Å²) in [6, 6.07) is 9.82. The minimum absolute atomic E-state index is 0.102. The number of carbonyl (C=O) groups is 1. The van der Waals surface area contributed by atoms with E-state index in [1.54, 1.807) is 4.90 Å². The molecule has 0 spiro atoms. The first-order valence-corrected chi connectivity index (χ1v) is 8.67. The van der Waals surface area contributed by atoms with Gasteiger partial charge in [-0.25, -0.2) is 0 Å². The molecule has 116 valence electrons. The van der Waals surface area contributed by atoms with Crippen molar-refractivity contribution in [2.45, 2.75) is 23.2 Å². The molecule has 1 aromatic carbocycles. The molecular formula is C15H17Cl4NO. The zero-order valence-electron chi connectivity index (χ0n) is 11.4. The largest absolute Gasteiger partial charge is 0.336 e. The van der Waals surface area contributed by atoms with Gasteiger partial charge in [0, 0.05) is 36.1 Å². The van der Waals surface area contributed by atoms with Crippen LogP contribution in [-0.2, 0) is 11.3 Å². The van der Waals surface area contributed by atoms with Crippen LogP contribution in [-0.4, -0.2) is 39.4 Å². The topological polar surface area (TPSA) is 20.3 Å². The molecule has 1 aliphatic heterocycles.